The molecule has 2 heterocycles. The number of carbonyl (C=O) groups excluding carboxylic acids is 1. The molecule has 3 aliphatic rings. The van der Waals surface area contributed by atoms with Gasteiger partial charge in [0.25, 0.3) is 0 Å². The van der Waals surface area contributed by atoms with Gasteiger partial charge in [-0.25, -0.2) is 4.79 Å². The molecule has 2 amide bonds. The number of amides is 2. The molecule has 0 unspecified atom stereocenters. The second-order valence-corrected chi connectivity index (χ2v) is 7.52. The molecule has 1 N–H and O–H groups in total. The normalized spacial score (nSPS) is 31.2. The lowest BCUT2D eigenvalue weighted by atomic mass is 9.91. The molecule has 0 aromatic heterocycles. The fraction of sp³-hybridized carbons (Fsp3) is 0.650. The van der Waals surface area contributed by atoms with Crippen LogP contribution in [0.2, 0.25) is 0 Å². The number of benzene rings is 1. The van der Waals surface area contributed by atoms with Crippen LogP contribution in [-0.2, 0) is 4.74 Å². The van der Waals surface area contributed by atoms with E-state index in [9.17, 15) is 4.79 Å². The molecule has 136 valence electrons. The van der Waals surface area contributed by atoms with Crippen molar-refractivity contribution < 1.29 is 14.3 Å². The first-order valence-corrected chi connectivity index (χ1v) is 9.60. The fourth-order valence-electron chi connectivity index (χ4n) is 4.23. The van der Waals surface area contributed by atoms with Crippen LogP contribution in [0.3, 0.4) is 0 Å². The third-order valence-corrected chi connectivity index (χ3v) is 5.86. The molecule has 1 aromatic carbocycles. The summed E-state index contributed by atoms with van der Waals surface area (Å²) in [6.45, 7) is 6.21. The quantitative estimate of drug-likeness (QED) is 0.893. The van der Waals surface area contributed by atoms with Crippen molar-refractivity contribution in [1.82, 2.24) is 10.2 Å². The third-order valence-electron chi connectivity index (χ3n) is 5.86. The standard InChI is InChI=1S/C20H28N2O3/c1-2-25-17-5-3-14(4-6-17)18-11-19(18)21-20(23)22-9-7-15(12-22)16-8-10-24-13-16/h3-6,15-16,18-19H,2,7-13H2,1H3,(H,21,23)/t15-,16-,18-,19+/m0/s1. The third kappa shape index (κ3) is 3.76. The topological polar surface area (TPSA) is 50.8 Å². The van der Waals surface area contributed by atoms with Gasteiger partial charge in [0.2, 0.25) is 0 Å². The first kappa shape index (κ1) is 16.7. The summed E-state index contributed by atoms with van der Waals surface area (Å²) in [6.07, 6.45) is 3.31. The van der Waals surface area contributed by atoms with Gasteiger partial charge in [-0.05, 0) is 55.7 Å². The summed E-state index contributed by atoms with van der Waals surface area (Å²) in [7, 11) is 0. The van der Waals surface area contributed by atoms with Crippen LogP contribution < -0.4 is 10.1 Å². The van der Waals surface area contributed by atoms with Crippen molar-refractivity contribution in [2.75, 3.05) is 32.9 Å². The van der Waals surface area contributed by atoms with Crippen molar-refractivity contribution in [2.45, 2.75) is 38.1 Å². The van der Waals surface area contributed by atoms with Gasteiger partial charge in [-0.15, -0.1) is 0 Å². The highest BCUT2D eigenvalue weighted by Crippen LogP contribution is 2.41. The Labute approximate surface area is 149 Å². The van der Waals surface area contributed by atoms with E-state index < -0.39 is 0 Å². The summed E-state index contributed by atoms with van der Waals surface area (Å²) < 4.78 is 11.0. The number of nitrogens with one attached hydrogen (secondary N) is 1. The largest absolute Gasteiger partial charge is 0.494 e. The van der Waals surface area contributed by atoms with Gasteiger partial charge in [0.1, 0.15) is 5.75 Å². The van der Waals surface area contributed by atoms with Gasteiger partial charge >= 0.3 is 6.03 Å². The minimum atomic E-state index is 0.111. The van der Waals surface area contributed by atoms with E-state index in [1.165, 1.54) is 5.56 Å². The monoisotopic (exact) mass is 344 g/mol. The van der Waals surface area contributed by atoms with Gasteiger partial charge in [-0.2, -0.15) is 0 Å². The van der Waals surface area contributed by atoms with Crippen LogP contribution in [0.25, 0.3) is 0 Å². The lowest BCUT2D eigenvalue weighted by Gasteiger charge is -2.19. The van der Waals surface area contributed by atoms with Crippen LogP contribution in [0.5, 0.6) is 5.75 Å². The van der Waals surface area contributed by atoms with Crippen molar-refractivity contribution in [3.8, 4) is 5.75 Å². The highest BCUT2D eigenvalue weighted by atomic mass is 16.5. The van der Waals surface area contributed by atoms with Crippen LogP contribution in [-0.4, -0.2) is 49.9 Å². The molecule has 4 atom stereocenters. The maximum absolute atomic E-state index is 12.5. The van der Waals surface area contributed by atoms with Gasteiger partial charge in [0.15, 0.2) is 0 Å². The molecule has 1 saturated carbocycles. The first-order chi connectivity index (χ1) is 12.2. The molecule has 4 rings (SSSR count). The minimum absolute atomic E-state index is 0.111. The van der Waals surface area contributed by atoms with E-state index in [2.05, 4.69) is 17.4 Å². The molecule has 3 fully saturated rings. The van der Waals surface area contributed by atoms with Gasteiger partial charge in [-0.3, -0.25) is 0 Å². The summed E-state index contributed by atoms with van der Waals surface area (Å²) in [4.78, 5) is 14.5. The van der Waals surface area contributed by atoms with Crippen LogP contribution in [0.4, 0.5) is 4.79 Å². The molecule has 5 heteroatoms. The average molecular weight is 344 g/mol. The van der Waals surface area contributed by atoms with E-state index in [0.717, 1.165) is 51.3 Å². The zero-order chi connectivity index (χ0) is 17.2. The smallest absolute Gasteiger partial charge is 0.317 e. The predicted octanol–water partition coefficient (Wildman–Crippen LogP) is 3.01. The molecule has 0 bridgehead atoms. The Bertz CT molecular complexity index is 597. The summed E-state index contributed by atoms with van der Waals surface area (Å²) in [5, 5.41) is 3.22. The number of nitrogens with zero attached hydrogens (tertiary/aromatic N) is 1. The van der Waals surface area contributed by atoms with Crippen LogP contribution >= 0.6 is 0 Å². The SMILES string of the molecule is CCOc1ccc([C@@H]2C[C@H]2NC(=O)N2CC[C@H]([C@H]3CCOC3)C2)cc1. The van der Waals surface area contributed by atoms with Gasteiger partial charge in [0.05, 0.1) is 6.61 Å². The minimum Gasteiger partial charge on any atom is -0.494 e. The molecule has 25 heavy (non-hydrogen) atoms. The summed E-state index contributed by atoms with van der Waals surface area (Å²) in [5.41, 5.74) is 1.29. The molecule has 5 nitrogen and oxygen atoms in total. The van der Waals surface area contributed by atoms with Crippen molar-refractivity contribution in [3.05, 3.63) is 29.8 Å². The molecule has 1 aliphatic carbocycles. The zero-order valence-corrected chi connectivity index (χ0v) is 14.9. The van der Waals surface area contributed by atoms with E-state index >= 15 is 0 Å². The molecular formula is C20H28N2O3. The van der Waals surface area contributed by atoms with Crippen LogP contribution in [0, 0.1) is 11.8 Å². The van der Waals surface area contributed by atoms with Crippen molar-refractivity contribution >= 4 is 6.03 Å². The average Bonchev–Trinajstić information content (AvgIpc) is 3.06. The van der Waals surface area contributed by atoms with E-state index in [-0.39, 0.29) is 12.1 Å². The Hall–Kier alpha value is -1.75. The molecule has 2 aliphatic heterocycles. The second kappa shape index (κ2) is 7.24. The summed E-state index contributed by atoms with van der Waals surface area (Å²) in [5.74, 6) is 2.62. The van der Waals surface area contributed by atoms with Gasteiger partial charge in [0, 0.05) is 38.3 Å². The Kier molecular flexibility index (Phi) is 4.84. The Morgan fingerprint density at radius 2 is 2.12 bits per heavy atom. The lowest BCUT2D eigenvalue weighted by molar-refractivity contribution is 0.170. The highest BCUT2D eigenvalue weighted by Gasteiger charge is 2.41. The van der Waals surface area contributed by atoms with Gasteiger partial charge in [-0.1, -0.05) is 12.1 Å². The predicted molar refractivity (Wildman–Crippen MR) is 95.9 cm³/mol. The van der Waals surface area contributed by atoms with Crippen LogP contribution in [0.1, 0.15) is 37.7 Å². The zero-order valence-electron chi connectivity index (χ0n) is 14.9. The molecule has 0 radical (unpaired) electrons. The first-order valence-electron chi connectivity index (χ1n) is 9.60. The maximum Gasteiger partial charge on any atom is 0.317 e. The van der Waals surface area contributed by atoms with E-state index in [4.69, 9.17) is 9.47 Å². The Morgan fingerprint density at radius 3 is 2.84 bits per heavy atom. The number of hydrogen-bond acceptors (Lipinski definition) is 3. The Morgan fingerprint density at radius 1 is 1.28 bits per heavy atom. The molecular weight excluding hydrogens is 316 g/mol. The summed E-state index contributed by atoms with van der Waals surface area (Å²) in [6, 6.07) is 8.66. The number of ether oxygens (including phenoxy) is 2. The van der Waals surface area contributed by atoms with E-state index in [1.54, 1.807) is 0 Å². The highest BCUT2D eigenvalue weighted by molar-refractivity contribution is 5.75. The number of rotatable bonds is 5. The number of carbonyl (C=O) groups is 1. The maximum atomic E-state index is 12.5. The molecule has 2 saturated heterocycles. The van der Waals surface area contributed by atoms with Crippen LogP contribution in [0.15, 0.2) is 24.3 Å². The van der Waals surface area contributed by atoms with E-state index in [1.807, 2.05) is 24.0 Å². The molecule has 1 aromatic rings. The molecule has 0 spiro atoms. The number of hydrogen-bond donors (Lipinski definition) is 1. The lowest BCUT2D eigenvalue weighted by Crippen LogP contribution is -2.40. The Balaban J connectivity index is 1.25. The number of likely N-dealkylation sites (tertiary alicyclic amines) is 1. The summed E-state index contributed by atoms with van der Waals surface area (Å²) >= 11 is 0. The van der Waals surface area contributed by atoms with Crippen molar-refractivity contribution in [2.24, 2.45) is 11.8 Å². The van der Waals surface area contributed by atoms with Gasteiger partial charge < -0.3 is 19.7 Å². The van der Waals surface area contributed by atoms with E-state index in [0.29, 0.717) is 24.4 Å². The number of urea groups is 1. The van der Waals surface area contributed by atoms with Crippen molar-refractivity contribution in [1.29, 1.82) is 0 Å². The van der Waals surface area contributed by atoms with Crippen molar-refractivity contribution in [3.63, 3.8) is 0 Å². The fourth-order valence-corrected chi connectivity index (χ4v) is 4.23. The second-order valence-electron chi connectivity index (χ2n) is 7.52.